The molecule has 3 unspecified atom stereocenters. The van der Waals surface area contributed by atoms with E-state index in [0.717, 1.165) is 116 Å². The molecule has 0 aliphatic rings. The third kappa shape index (κ3) is 54.4. The van der Waals surface area contributed by atoms with Crippen LogP contribution in [0.15, 0.2) is 134 Å². The van der Waals surface area contributed by atoms with Crippen molar-refractivity contribution < 1.29 is 32.9 Å². The maximum Gasteiger partial charge on any atom is 0.268 e. The number of allylic oxidation sites excluding steroid dienone is 21. The molecule has 9 heteroatoms. The Morgan fingerprint density at radius 3 is 1.24 bits per heavy atom. The summed E-state index contributed by atoms with van der Waals surface area (Å²) in [5.41, 5.74) is 0. The van der Waals surface area contributed by atoms with E-state index in [1.165, 1.54) is 70.6 Å². The van der Waals surface area contributed by atoms with Gasteiger partial charge in [-0.15, -0.1) is 0 Å². The van der Waals surface area contributed by atoms with Crippen LogP contribution in [0, 0.1) is 0 Å². The molecule has 0 fully saturated rings. The molecule has 410 valence electrons. The van der Waals surface area contributed by atoms with Crippen molar-refractivity contribution in [1.82, 2.24) is 5.32 Å². The Bertz CT molecular complexity index is 1630. The number of unbranched alkanes of at least 4 members (excludes halogenated alkanes) is 17. The third-order valence-corrected chi connectivity index (χ3v) is 12.8. The number of carbonyl (C=O) groups is 1. The van der Waals surface area contributed by atoms with Gasteiger partial charge in [0.25, 0.3) is 7.82 Å². The van der Waals surface area contributed by atoms with E-state index in [-0.39, 0.29) is 12.5 Å². The second-order valence-electron chi connectivity index (χ2n) is 19.9. The first-order chi connectivity index (χ1) is 35.0. The summed E-state index contributed by atoms with van der Waals surface area (Å²) < 4.78 is 23.2. The van der Waals surface area contributed by atoms with Crippen LogP contribution in [0.25, 0.3) is 0 Å². The third-order valence-electron chi connectivity index (χ3n) is 11.9. The van der Waals surface area contributed by atoms with Crippen molar-refractivity contribution in [1.29, 1.82) is 0 Å². The number of hydrogen-bond acceptors (Lipinski definition) is 6. The lowest BCUT2D eigenvalue weighted by Gasteiger charge is -2.29. The molecule has 0 aromatic rings. The largest absolute Gasteiger partial charge is 0.756 e. The van der Waals surface area contributed by atoms with Crippen LogP contribution in [0.4, 0.5) is 0 Å². The van der Waals surface area contributed by atoms with Crippen LogP contribution in [-0.2, 0) is 18.4 Å². The van der Waals surface area contributed by atoms with E-state index >= 15 is 0 Å². The minimum Gasteiger partial charge on any atom is -0.756 e. The minimum atomic E-state index is -4.60. The smallest absolute Gasteiger partial charge is 0.268 e. The second kappa shape index (κ2) is 52.5. The molecule has 1 amide bonds. The standard InChI is InChI=1S/C63H107N2O6P/c1-6-8-10-12-14-16-18-19-20-21-22-23-24-25-26-27-28-29-30-31-32-33-34-35-36-37-38-39-40-41-42-43-44-45-47-49-51-53-55-57-63(67)64-61(60-71-72(68,69)70-59-58-65(3,4)5)62(66)56-54-52-50-48-46-17-15-13-11-9-7-2/h8,10,14,16,19-20,22-23,25-26,28-29,31-32,34-35,37-38,40-41,54,56,61-62,66H,6-7,9,11-13,15,17-18,21,24,27,30,33,36,39,42-53,55,57-60H2,1-5H3,(H-,64,67,68,69)/b10-8-,16-14-,20-19-,23-22-,26-25-,29-28-,32-31-,35-34-,38-37-,41-40-,56-54+. The summed E-state index contributed by atoms with van der Waals surface area (Å²) >= 11 is 0. The van der Waals surface area contributed by atoms with Gasteiger partial charge in [-0.3, -0.25) is 9.36 Å². The molecule has 3 atom stereocenters. The molecule has 2 N–H and O–H groups in total. The number of rotatable bonds is 50. The topological polar surface area (TPSA) is 108 Å². The molecule has 0 aromatic carbocycles. The van der Waals surface area contributed by atoms with E-state index in [1.54, 1.807) is 6.08 Å². The zero-order valence-corrected chi connectivity index (χ0v) is 47.5. The number of likely N-dealkylation sites (N-methyl/N-ethyl adjacent to an activating group) is 1. The monoisotopic (exact) mass is 1020 g/mol. The summed E-state index contributed by atoms with van der Waals surface area (Å²) in [6.07, 6.45) is 79.6. The fourth-order valence-electron chi connectivity index (χ4n) is 7.41. The van der Waals surface area contributed by atoms with Gasteiger partial charge in [0.05, 0.1) is 39.9 Å². The molecule has 8 nitrogen and oxygen atoms in total. The van der Waals surface area contributed by atoms with Gasteiger partial charge in [-0.2, -0.15) is 0 Å². The first-order valence-corrected chi connectivity index (χ1v) is 30.0. The van der Waals surface area contributed by atoms with Gasteiger partial charge in [-0.25, -0.2) is 0 Å². The zero-order valence-electron chi connectivity index (χ0n) is 46.6. The van der Waals surface area contributed by atoms with Crippen LogP contribution in [0.3, 0.4) is 0 Å². The van der Waals surface area contributed by atoms with E-state index in [9.17, 15) is 19.4 Å². The van der Waals surface area contributed by atoms with Crippen molar-refractivity contribution in [3.05, 3.63) is 134 Å². The Labute approximate surface area is 443 Å². The van der Waals surface area contributed by atoms with Gasteiger partial charge in [0, 0.05) is 6.42 Å². The Morgan fingerprint density at radius 2 is 0.847 bits per heavy atom. The lowest BCUT2D eigenvalue weighted by atomic mass is 10.1. The van der Waals surface area contributed by atoms with Crippen molar-refractivity contribution in [3.8, 4) is 0 Å². The molecule has 0 heterocycles. The number of nitrogens with one attached hydrogen (secondary N) is 1. The number of phosphoric ester groups is 1. The average Bonchev–Trinajstić information content (AvgIpc) is 3.34. The van der Waals surface area contributed by atoms with Crippen molar-refractivity contribution in [2.24, 2.45) is 0 Å². The van der Waals surface area contributed by atoms with Crippen molar-refractivity contribution >= 4 is 13.7 Å². The number of quaternary nitrogens is 1. The fraction of sp³-hybridized carbons (Fsp3) is 0.635. The Morgan fingerprint density at radius 1 is 0.500 bits per heavy atom. The lowest BCUT2D eigenvalue weighted by molar-refractivity contribution is -0.870. The second-order valence-corrected chi connectivity index (χ2v) is 21.3. The molecule has 0 saturated carbocycles. The van der Waals surface area contributed by atoms with E-state index in [1.807, 2.05) is 27.2 Å². The summed E-state index contributed by atoms with van der Waals surface area (Å²) in [7, 11) is 1.24. The number of hydrogen-bond donors (Lipinski definition) is 2. The highest BCUT2D eigenvalue weighted by Crippen LogP contribution is 2.38. The SMILES string of the molecule is CC/C=C\C/C=C\C/C=C\C/C=C\C/C=C\C/C=C\C/C=C\C/C=C\C/C=C\C/C=C\CCCCCCCCCCC(=O)NC(COP(=O)([O-])OCC[N+](C)(C)C)C(O)/C=C/CCCCCCCCCCC. The molecule has 0 rings (SSSR count). The summed E-state index contributed by atoms with van der Waals surface area (Å²) in [4.78, 5) is 25.4. The average molecular weight is 1020 g/mol. The zero-order chi connectivity index (χ0) is 52.7. The van der Waals surface area contributed by atoms with Crippen molar-refractivity contribution in [2.75, 3.05) is 40.9 Å². The van der Waals surface area contributed by atoms with Crippen LogP contribution in [0.5, 0.6) is 0 Å². The van der Waals surface area contributed by atoms with Crippen molar-refractivity contribution in [2.45, 2.75) is 219 Å². The maximum atomic E-state index is 12.9. The lowest BCUT2D eigenvalue weighted by Crippen LogP contribution is -2.45. The number of phosphoric acid groups is 1. The number of aliphatic hydroxyl groups excluding tert-OH is 1. The molecule has 0 aromatic heterocycles. The van der Waals surface area contributed by atoms with Crippen LogP contribution >= 0.6 is 7.82 Å². The van der Waals surface area contributed by atoms with Crippen molar-refractivity contribution in [3.63, 3.8) is 0 Å². The van der Waals surface area contributed by atoms with Gasteiger partial charge < -0.3 is 28.8 Å². The van der Waals surface area contributed by atoms with Gasteiger partial charge in [0.15, 0.2) is 0 Å². The van der Waals surface area contributed by atoms with Crippen LogP contribution in [0.1, 0.15) is 206 Å². The minimum absolute atomic E-state index is 0.00928. The summed E-state index contributed by atoms with van der Waals surface area (Å²) in [6, 6.07) is -0.899. The van der Waals surface area contributed by atoms with Gasteiger partial charge in [0.1, 0.15) is 13.2 Å². The molecule has 0 saturated heterocycles. The summed E-state index contributed by atoms with van der Waals surface area (Å²) in [5, 5.41) is 13.8. The molecule has 0 spiro atoms. The van der Waals surface area contributed by atoms with Crippen LogP contribution in [-0.4, -0.2) is 68.5 Å². The Kier molecular flexibility index (Phi) is 50.1. The highest BCUT2D eigenvalue weighted by molar-refractivity contribution is 7.45. The predicted octanol–water partition coefficient (Wildman–Crippen LogP) is 16.9. The summed E-state index contributed by atoms with van der Waals surface area (Å²) in [5.74, 6) is -0.214. The van der Waals surface area contributed by atoms with Gasteiger partial charge in [-0.05, 0) is 96.3 Å². The Balaban J connectivity index is 4.11. The molecular formula is C63H107N2O6P. The first kappa shape index (κ1) is 68.6. The first-order valence-electron chi connectivity index (χ1n) is 28.5. The number of amides is 1. The highest BCUT2D eigenvalue weighted by atomic mass is 31.2. The van der Waals surface area contributed by atoms with E-state index < -0.39 is 26.6 Å². The molecular weight excluding hydrogens is 912 g/mol. The van der Waals surface area contributed by atoms with Crippen LogP contribution in [0.2, 0.25) is 0 Å². The number of carbonyl (C=O) groups excluding carboxylic acids is 1. The molecule has 0 aliphatic heterocycles. The molecule has 0 radical (unpaired) electrons. The normalized spacial score (nSPS) is 14.9. The van der Waals surface area contributed by atoms with E-state index in [4.69, 9.17) is 9.05 Å². The highest BCUT2D eigenvalue weighted by Gasteiger charge is 2.23. The van der Waals surface area contributed by atoms with Gasteiger partial charge in [0.2, 0.25) is 5.91 Å². The van der Waals surface area contributed by atoms with E-state index in [0.29, 0.717) is 17.4 Å². The molecule has 0 bridgehead atoms. The Hall–Kier alpha value is -3.36. The molecule has 72 heavy (non-hydrogen) atoms. The molecule has 0 aliphatic carbocycles. The predicted molar refractivity (Wildman–Crippen MR) is 311 cm³/mol. The number of aliphatic hydroxyl groups is 1. The van der Waals surface area contributed by atoms with Gasteiger partial charge in [-0.1, -0.05) is 237 Å². The quantitative estimate of drug-likeness (QED) is 0.0272. The fourth-order valence-corrected chi connectivity index (χ4v) is 8.14. The maximum absolute atomic E-state index is 12.9. The van der Waals surface area contributed by atoms with Gasteiger partial charge >= 0.3 is 0 Å². The number of nitrogens with zero attached hydrogens (tertiary/aromatic N) is 1. The summed E-state index contributed by atoms with van der Waals surface area (Å²) in [6.45, 7) is 4.49. The van der Waals surface area contributed by atoms with Crippen LogP contribution < -0.4 is 10.2 Å². The van der Waals surface area contributed by atoms with E-state index in [2.05, 4.69) is 141 Å².